The molecular formula is C19H28N4O2. The summed E-state index contributed by atoms with van der Waals surface area (Å²) in [5.41, 5.74) is 0.918. The van der Waals surface area contributed by atoms with Crippen LogP contribution in [-0.4, -0.2) is 59.7 Å². The molecule has 25 heavy (non-hydrogen) atoms. The zero-order valence-corrected chi connectivity index (χ0v) is 15.1. The lowest BCUT2D eigenvalue weighted by Crippen LogP contribution is -2.50. The molecule has 1 atom stereocenters. The standard InChI is InChI=1S/C19H28N4O2/c1-2-15-12-20-18(21-13-15)22-8-3-6-19(14-22)7-9-23(17(19)24)16-4-10-25-11-5-16/h12-13,16H,2-11,14H2,1H3/t19-/m1/s1. The molecule has 3 fully saturated rings. The molecule has 1 aromatic heterocycles. The second-order valence-electron chi connectivity index (χ2n) is 7.64. The normalized spacial score (nSPS) is 28.1. The average Bonchev–Trinajstić information content (AvgIpc) is 2.98. The van der Waals surface area contributed by atoms with Crippen LogP contribution in [0.3, 0.4) is 0 Å². The van der Waals surface area contributed by atoms with Gasteiger partial charge in [-0.15, -0.1) is 0 Å². The van der Waals surface area contributed by atoms with Crippen LogP contribution in [0, 0.1) is 5.41 Å². The van der Waals surface area contributed by atoms with Crippen LogP contribution < -0.4 is 4.90 Å². The third-order valence-electron chi connectivity index (χ3n) is 6.14. The molecule has 1 amide bonds. The highest BCUT2D eigenvalue weighted by Crippen LogP contribution is 2.42. The van der Waals surface area contributed by atoms with Crippen LogP contribution in [0.1, 0.15) is 44.6 Å². The lowest BCUT2D eigenvalue weighted by molar-refractivity contribution is -0.139. The van der Waals surface area contributed by atoms with Gasteiger partial charge in [-0.3, -0.25) is 4.79 Å². The molecule has 0 radical (unpaired) electrons. The molecule has 0 aliphatic carbocycles. The lowest BCUT2D eigenvalue weighted by Gasteiger charge is -2.40. The molecule has 0 aromatic carbocycles. The van der Waals surface area contributed by atoms with Crippen LogP contribution in [0.5, 0.6) is 0 Å². The van der Waals surface area contributed by atoms with Crippen molar-refractivity contribution in [1.29, 1.82) is 0 Å². The van der Waals surface area contributed by atoms with Crippen molar-refractivity contribution < 1.29 is 9.53 Å². The van der Waals surface area contributed by atoms with E-state index in [0.717, 1.165) is 82.9 Å². The molecule has 4 heterocycles. The number of aryl methyl sites for hydroxylation is 1. The molecule has 6 heteroatoms. The van der Waals surface area contributed by atoms with Gasteiger partial charge in [0.15, 0.2) is 0 Å². The summed E-state index contributed by atoms with van der Waals surface area (Å²) in [7, 11) is 0. The summed E-state index contributed by atoms with van der Waals surface area (Å²) < 4.78 is 5.46. The molecule has 136 valence electrons. The number of nitrogens with zero attached hydrogens (tertiary/aromatic N) is 4. The van der Waals surface area contributed by atoms with Gasteiger partial charge < -0.3 is 14.5 Å². The Morgan fingerprint density at radius 2 is 1.96 bits per heavy atom. The first kappa shape index (κ1) is 16.8. The van der Waals surface area contributed by atoms with Crippen molar-refractivity contribution in [3.63, 3.8) is 0 Å². The van der Waals surface area contributed by atoms with E-state index in [0.29, 0.717) is 11.9 Å². The first-order valence-corrected chi connectivity index (χ1v) is 9.66. The zero-order chi connectivity index (χ0) is 17.3. The Kier molecular flexibility index (Phi) is 4.63. The highest BCUT2D eigenvalue weighted by atomic mass is 16.5. The maximum Gasteiger partial charge on any atom is 0.230 e. The van der Waals surface area contributed by atoms with Crippen LogP contribution in [0.25, 0.3) is 0 Å². The second kappa shape index (κ2) is 6.90. The molecular weight excluding hydrogens is 316 g/mol. The number of ether oxygens (including phenoxy) is 1. The van der Waals surface area contributed by atoms with Gasteiger partial charge in [-0.1, -0.05) is 6.92 Å². The Bertz CT molecular complexity index is 614. The van der Waals surface area contributed by atoms with Gasteiger partial charge in [0, 0.05) is 51.3 Å². The van der Waals surface area contributed by atoms with E-state index < -0.39 is 0 Å². The molecule has 0 bridgehead atoms. The Balaban J connectivity index is 1.48. The summed E-state index contributed by atoms with van der Waals surface area (Å²) in [5.74, 6) is 1.13. The van der Waals surface area contributed by atoms with Gasteiger partial charge in [0.2, 0.25) is 11.9 Å². The number of aromatic nitrogens is 2. The highest BCUT2D eigenvalue weighted by Gasteiger charge is 2.50. The first-order valence-electron chi connectivity index (χ1n) is 9.66. The molecule has 3 saturated heterocycles. The van der Waals surface area contributed by atoms with Crippen LogP contribution in [0.2, 0.25) is 0 Å². The summed E-state index contributed by atoms with van der Waals surface area (Å²) in [6, 6.07) is 0.371. The molecule has 3 aliphatic heterocycles. The second-order valence-corrected chi connectivity index (χ2v) is 7.64. The van der Waals surface area contributed by atoms with Gasteiger partial charge in [0.25, 0.3) is 0 Å². The van der Waals surface area contributed by atoms with E-state index in [4.69, 9.17) is 4.74 Å². The fourth-order valence-corrected chi connectivity index (χ4v) is 4.57. The maximum absolute atomic E-state index is 13.3. The number of piperidine rings is 1. The van der Waals surface area contributed by atoms with Gasteiger partial charge in [-0.05, 0) is 44.1 Å². The minimum Gasteiger partial charge on any atom is -0.381 e. The molecule has 1 spiro atoms. The van der Waals surface area contributed by atoms with Crippen molar-refractivity contribution in [3.05, 3.63) is 18.0 Å². The molecule has 0 saturated carbocycles. The number of hydrogen-bond acceptors (Lipinski definition) is 5. The number of hydrogen-bond donors (Lipinski definition) is 0. The molecule has 0 N–H and O–H groups in total. The van der Waals surface area contributed by atoms with Gasteiger partial charge in [0.05, 0.1) is 5.41 Å². The van der Waals surface area contributed by atoms with Crippen molar-refractivity contribution in [2.24, 2.45) is 5.41 Å². The number of carbonyl (C=O) groups is 1. The van der Waals surface area contributed by atoms with Crippen LogP contribution in [0.15, 0.2) is 12.4 Å². The minimum absolute atomic E-state index is 0.233. The number of likely N-dealkylation sites (tertiary alicyclic amines) is 1. The maximum atomic E-state index is 13.3. The number of anilines is 1. The minimum atomic E-state index is -0.233. The van der Waals surface area contributed by atoms with E-state index in [2.05, 4.69) is 26.7 Å². The van der Waals surface area contributed by atoms with Crippen molar-refractivity contribution in [2.75, 3.05) is 37.7 Å². The average molecular weight is 344 g/mol. The zero-order valence-electron chi connectivity index (χ0n) is 15.1. The fraction of sp³-hybridized carbons (Fsp3) is 0.737. The third-order valence-corrected chi connectivity index (χ3v) is 6.14. The molecule has 0 unspecified atom stereocenters. The van der Waals surface area contributed by atoms with Crippen molar-refractivity contribution >= 4 is 11.9 Å². The van der Waals surface area contributed by atoms with Gasteiger partial charge in [0.1, 0.15) is 0 Å². The monoisotopic (exact) mass is 344 g/mol. The molecule has 3 aliphatic rings. The van der Waals surface area contributed by atoms with E-state index in [9.17, 15) is 4.79 Å². The van der Waals surface area contributed by atoms with Gasteiger partial charge >= 0.3 is 0 Å². The van der Waals surface area contributed by atoms with Crippen molar-refractivity contribution in [1.82, 2.24) is 14.9 Å². The first-order chi connectivity index (χ1) is 12.2. The van der Waals surface area contributed by atoms with Crippen LogP contribution >= 0.6 is 0 Å². The van der Waals surface area contributed by atoms with Crippen molar-refractivity contribution in [3.8, 4) is 0 Å². The third kappa shape index (κ3) is 3.12. The van der Waals surface area contributed by atoms with Crippen molar-refractivity contribution in [2.45, 2.75) is 51.5 Å². The van der Waals surface area contributed by atoms with Crippen LogP contribution in [0.4, 0.5) is 5.95 Å². The van der Waals surface area contributed by atoms with E-state index in [1.165, 1.54) is 0 Å². The van der Waals surface area contributed by atoms with Gasteiger partial charge in [-0.25, -0.2) is 9.97 Å². The Labute approximate surface area is 149 Å². The topological polar surface area (TPSA) is 58.6 Å². The largest absolute Gasteiger partial charge is 0.381 e. The predicted molar refractivity (Wildman–Crippen MR) is 95.5 cm³/mol. The van der Waals surface area contributed by atoms with E-state index >= 15 is 0 Å². The highest BCUT2D eigenvalue weighted by molar-refractivity contribution is 5.86. The van der Waals surface area contributed by atoms with Gasteiger partial charge in [-0.2, -0.15) is 0 Å². The molecule has 6 nitrogen and oxygen atoms in total. The number of carbonyl (C=O) groups excluding carboxylic acids is 1. The Morgan fingerprint density at radius 3 is 2.68 bits per heavy atom. The number of amides is 1. The Morgan fingerprint density at radius 1 is 1.20 bits per heavy atom. The molecule has 4 rings (SSSR count). The Hall–Kier alpha value is -1.69. The van der Waals surface area contributed by atoms with E-state index in [1.54, 1.807) is 0 Å². The van der Waals surface area contributed by atoms with E-state index in [-0.39, 0.29) is 5.41 Å². The summed E-state index contributed by atoms with van der Waals surface area (Å²) in [5, 5.41) is 0. The molecule has 1 aromatic rings. The smallest absolute Gasteiger partial charge is 0.230 e. The summed E-state index contributed by atoms with van der Waals surface area (Å²) in [6.45, 7) is 6.27. The summed E-state index contributed by atoms with van der Waals surface area (Å²) >= 11 is 0. The number of rotatable bonds is 3. The quantitative estimate of drug-likeness (QED) is 0.840. The SMILES string of the molecule is CCc1cnc(N2CCC[C@@]3(CCN(C4CCOCC4)C3=O)C2)nc1. The lowest BCUT2D eigenvalue weighted by atomic mass is 9.78. The predicted octanol–water partition coefficient (Wildman–Crippen LogP) is 2.04. The van der Waals surface area contributed by atoms with Crippen LogP contribution in [-0.2, 0) is 16.0 Å². The summed E-state index contributed by atoms with van der Waals surface area (Å²) in [4.78, 5) is 26.7. The fourth-order valence-electron chi connectivity index (χ4n) is 4.57. The van der Waals surface area contributed by atoms with E-state index in [1.807, 2.05) is 12.4 Å². The summed E-state index contributed by atoms with van der Waals surface area (Å²) in [6.07, 6.45) is 9.72.